The molecule has 0 atom stereocenters. The largest absolute Gasteiger partial charge is 0.457 e. The first-order chi connectivity index (χ1) is 11.3. The zero-order chi connectivity index (χ0) is 15.6. The minimum Gasteiger partial charge on any atom is -0.457 e. The third-order valence-electron chi connectivity index (χ3n) is 3.67. The summed E-state index contributed by atoms with van der Waals surface area (Å²) in [6, 6.07) is 17.3. The van der Waals surface area contributed by atoms with Crippen LogP contribution in [-0.4, -0.2) is 20.6 Å². The van der Waals surface area contributed by atoms with E-state index in [0.717, 1.165) is 16.5 Å². The summed E-state index contributed by atoms with van der Waals surface area (Å²) in [5, 5.41) is 5.24. The molecular formula is C18H13N3O2. The molecule has 23 heavy (non-hydrogen) atoms. The highest BCUT2D eigenvalue weighted by Gasteiger charge is 2.16. The summed E-state index contributed by atoms with van der Waals surface area (Å²) in [4.78, 5) is 16.7. The van der Waals surface area contributed by atoms with Gasteiger partial charge >= 0.3 is 5.97 Å². The smallest absolute Gasteiger partial charge is 0.343 e. The van der Waals surface area contributed by atoms with Crippen LogP contribution in [0, 0.1) is 0 Å². The normalized spacial score (nSPS) is 11.0. The van der Waals surface area contributed by atoms with E-state index in [1.807, 2.05) is 54.6 Å². The number of rotatable bonds is 3. The molecule has 4 rings (SSSR count). The van der Waals surface area contributed by atoms with E-state index in [0.29, 0.717) is 11.2 Å². The first-order valence-corrected chi connectivity index (χ1v) is 7.25. The highest BCUT2D eigenvalue weighted by molar-refractivity contribution is 5.97. The van der Waals surface area contributed by atoms with E-state index in [1.54, 1.807) is 10.7 Å². The number of fused-ring (bicyclic) bond motifs is 3. The Morgan fingerprint density at radius 1 is 1.00 bits per heavy atom. The van der Waals surface area contributed by atoms with Crippen molar-refractivity contribution < 1.29 is 9.53 Å². The summed E-state index contributed by atoms with van der Waals surface area (Å²) in [6.45, 7) is 0.227. The molecule has 0 amide bonds. The standard InChI is InChI=1S/C18H13N3O2/c22-18(23-12-13-6-2-1-3-7-13)15-11-20-21-16-9-5-4-8-14(16)10-19-17(15)21/h1-11H,12H2. The van der Waals surface area contributed by atoms with Crippen molar-refractivity contribution in [2.45, 2.75) is 6.61 Å². The molecule has 0 aliphatic heterocycles. The SMILES string of the molecule is O=C(OCc1ccccc1)c1cnn2c1ncc1ccccc12. The molecule has 0 radical (unpaired) electrons. The molecule has 2 heterocycles. The van der Waals surface area contributed by atoms with Crippen LogP contribution in [0.25, 0.3) is 16.6 Å². The first kappa shape index (κ1) is 13.5. The van der Waals surface area contributed by atoms with Gasteiger partial charge < -0.3 is 4.74 Å². The minimum atomic E-state index is -0.424. The van der Waals surface area contributed by atoms with E-state index < -0.39 is 5.97 Å². The van der Waals surface area contributed by atoms with Crippen LogP contribution < -0.4 is 0 Å². The van der Waals surface area contributed by atoms with Gasteiger partial charge in [-0.15, -0.1) is 0 Å². The van der Waals surface area contributed by atoms with Gasteiger partial charge in [-0.3, -0.25) is 0 Å². The number of esters is 1. The van der Waals surface area contributed by atoms with Crippen molar-refractivity contribution in [3.63, 3.8) is 0 Å². The number of benzene rings is 2. The van der Waals surface area contributed by atoms with Crippen molar-refractivity contribution in [2.75, 3.05) is 0 Å². The third-order valence-corrected chi connectivity index (χ3v) is 3.67. The fourth-order valence-electron chi connectivity index (χ4n) is 2.51. The second kappa shape index (κ2) is 5.53. The minimum absolute atomic E-state index is 0.227. The molecule has 112 valence electrons. The fraction of sp³-hybridized carbons (Fsp3) is 0.0556. The summed E-state index contributed by atoms with van der Waals surface area (Å²) in [5.74, 6) is -0.424. The zero-order valence-corrected chi connectivity index (χ0v) is 12.2. The van der Waals surface area contributed by atoms with E-state index >= 15 is 0 Å². The lowest BCUT2D eigenvalue weighted by atomic mass is 10.2. The van der Waals surface area contributed by atoms with Crippen molar-refractivity contribution in [3.05, 3.63) is 78.1 Å². The molecule has 0 bridgehead atoms. The van der Waals surface area contributed by atoms with Gasteiger partial charge in [-0.05, 0) is 11.6 Å². The average molecular weight is 303 g/mol. The Kier molecular flexibility index (Phi) is 3.24. The molecule has 0 spiro atoms. The molecular weight excluding hydrogens is 290 g/mol. The average Bonchev–Trinajstić information content (AvgIpc) is 3.05. The van der Waals surface area contributed by atoms with Crippen LogP contribution in [0.1, 0.15) is 15.9 Å². The first-order valence-electron chi connectivity index (χ1n) is 7.25. The second-order valence-corrected chi connectivity index (χ2v) is 5.17. The zero-order valence-electron chi connectivity index (χ0n) is 12.2. The number of ether oxygens (including phenoxy) is 1. The molecule has 5 heteroatoms. The van der Waals surface area contributed by atoms with E-state index in [4.69, 9.17) is 4.74 Å². The highest BCUT2D eigenvalue weighted by Crippen LogP contribution is 2.17. The number of para-hydroxylation sites is 1. The molecule has 5 nitrogen and oxygen atoms in total. The van der Waals surface area contributed by atoms with Gasteiger partial charge in [0.25, 0.3) is 0 Å². The molecule has 4 aromatic rings. The molecule has 0 fully saturated rings. The summed E-state index contributed by atoms with van der Waals surface area (Å²) in [6.07, 6.45) is 3.24. The third kappa shape index (κ3) is 2.42. The van der Waals surface area contributed by atoms with Gasteiger partial charge in [0.1, 0.15) is 12.2 Å². The van der Waals surface area contributed by atoms with E-state index in [2.05, 4.69) is 10.1 Å². The van der Waals surface area contributed by atoms with Crippen LogP contribution in [0.3, 0.4) is 0 Å². The Hall–Kier alpha value is -3.21. The summed E-state index contributed by atoms with van der Waals surface area (Å²) >= 11 is 0. The van der Waals surface area contributed by atoms with Crippen LogP contribution >= 0.6 is 0 Å². The number of aromatic nitrogens is 3. The van der Waals surface area contributed by atoms with Crippen LogP contribution in [0.2, 0.25) is 0 Å². The lowest BCUT2D eigenvalue weighted by Crippen LogP contribution is -2.05. The van der Waals surface area contributed by atoms with Crippen molar-refractivity contribution in [3.8, 4) is 0 Å². The molecule has 2 aromatic heterocycles. The lowest BCUT2D eigenvalue weighted by Gasteiger charge is -2.04. The van der Waals surface area contributed by atoms with Crippen LogP contribution in [0.5, 0.6) is 0 Å². The molecule has 0 saturated heterocycles. The Balaban J connectivity index is 1.66. The van der Waals surface area contributed by atoms with Gasteiger partial charge in [-0.1, -0.05) is 48.5 Å². The van der Waals surface area contributed by atoms with Crippen LogP contribution in [0.4, 0.5) is 0 Å². The van der Waals surface area contributed by atoms with Gasteiger partial charge in [0, 0.05) is 11.6 Å². The number of hydrogen-bond acceptors (Lipinski definition) is 4. The Morgan fingerprint density at radius 2 is 1.78 bits per heavy atom. The number of carbonyl (C=O) groups is 1. The van der Waals surface area contributed by atoms with E-state index in [1.165, 1.54) is 6.20 Å². The maximum atomic E-state index is 12.3. The highest BCUT2D eigenvalue weighted by atomic mass is 16.5. The topological polar surface area (TPSA) is 56.5 Å². The van der Waals surface area contributed by atoms with Crippen molar-refractivity contribution in [1.29, 1.82) is 0 Å². The van der Waals surface area contributed by atoms with Gasteiger partial charge in [0.2, 0.25) is 0 Å². The van der Waals surface area contributed by atoms with E-state index in [-0.39, 0.29) is 6.61 Å². The summed E-state index contributed by atoms with van der Waals surface area (Å²) < 4.78 is 7.02. The molecule has 0 N–H and O–H groups in total. The molecule has 0 unspecified atom stereocenters. The maximum Gasteiger partial charge on any atom is 0.343 e. The van der Waals surface area contributed by atoms with Gasteiger partial charge in [0.15, 0.2) is 5.65 Å². The maximum absolute atomic E-state index is 12.3. The summed E-state index contributed by atoms with van der Waals surface area (Å²) in [7, 11) is 0. The van der Waals surface area contributed by atoms with Crippen molar-refractivity contribution >= 4 is 22.5 Å². The molecule has 0 aliphatic carbocycles. The molecule has 0 aliphatic rings. The van der Waals surface area contributed by atoms with Gasteiger partial charge in [-0.2, -0.15) is 5.10 Å². The number of carbonyl (C=O) groups excluding carboxylic acids is 1. The van der Waals surface area contributed by atoms with Crippen molar-refractivity contribution in [2.24, 2.45) is 0 Å². The van der Waals surface area contributed by atoms with Crippen LogP contribution in [0.15, 0.2) is 67.0 Å². The predicted octanol–water partition coefficient (Wildman–Crippen LogP) is 3.24. The number of nitrogens with zero attached hydrogens (tertiary/aromatic N) is 3. The van der Waals surface area contributed by atoms with Crippen LogP contribution in [-0.2, 0) is 11.3 Å². The predicted molar refractivity (Wildman–Crippen MR) is 86.1 cm³/mol. The Labute approximate surface area is 132 Å². The quantitative estimate of drug-likeness (QED) is 0.545. The number of hydrogen-bond donors (Lipinski definition) is 0. The second-order valence-electron chi connectivity index (χ2n) is 5.17. The molecule has 0 saturated carbocycles. The Bertz CT molecular complexity index is 993. The fourth-order valence-corrected chi connectivity index (χ4v) is 2.51. The Morgan fingerprint density at radius 3 is 2.65 bits per heavy atom. The van der Waals surface area contributed by atoms with Gasteiger partial charge in [-0.25, -0.2) is 14.3 Å². The van der Waals surface area contributed by atoms with Gasteiger partial charge in [0.05, 0.1) is 11.7 Å². The summed E-state index contributed by atoms with van der Waals surface area (Å²) in [5.41, 5.74) is 2.71. The van der Waals surface area contributed by atoms with Crippen molar-refractivity contribution in [1.82, 2.24) is 14.6 Å². The molecule has 2 aromatic carbocycles. The van der Waals surface area contributed by atoms with E-state index in [9.17, 15) is 4.79 Å². The lowest BCUT2D eigenvalue weighted by molar-refractivity contribution is 0.0475. The monoisotopic (exact) mass is 303 g/mol.